The van der Waals surface area contributed by atoms with E-state index in [9.17, 15) is 39.6 Å². The van der Waals surface area contributed by atoms with Gasteiger partial charge < -0.3 is 54.3 Å². The Kier molecular flexibility index (Phi) is 17.7. The van der Waals surface area contributed by atoms with E-state index in [-0.39, 0.29) is 80.1 Å². The second kappa shape index (κ2) is 21.1. The molecule has 0 aliphatic carbocycles. The first-order valence-electron chi connectivity index (χ1n) is 20.0. The second-order valence-corrected chi connectivity index (χ2v) is 15.7. The average molecular weight is 848 g/mol. The molecule has 0 saturated carbocycles. The number of phenolic OH excluding ortho intramolecular Hbond substituents is 2. The summed E-state index contributed by atoms with van der Waals surface area (Å²) in [7, 11) is 1.44. The number of aliphatic hydroxyl groups excluding tert-OH is 2. The number of amides is 2. The predicted octanol–water partition coefficient (Wildman–Crippen LogP) is 2.69. The van der Waals surface area contributed by atoms with Crippen LogP contribution < -0.4 is 44.3 Å². The van der Waals surface area contributed by atoms with Crippen LogP contribution in [0.3, 0.4) is 0 Å². The van der Waals surface area contributed by atoms with Gasteiger partial charge in [0.15, 0.2) is 12.4 Å². The third kappa shape index (κ3) is 10.5. The number of nitrogens with zero attached hydrogens (tertiary/aromatic N) is 1. The molecule has 0 saturated heterocycles. The van der Waals surface area contributed by atoms with Crippen molar-refractivity contribution >= 4 is 40.0 Å². The van der Waals surface area contributed by atoms with Crippen molar-refractivity contribution < 1.29 is 92.8 Å². The van der Waals surface area contributed by atoms with Crippen LogP contribution in [0.5, 0.6) is 23.0 Å². The smallest absolute Gasteiger partial charge is 0.507 e. The number of ketones is 1. The molecule has 5 N–H and O–H groups in total. The maximum Gasteiger partial charge on any atom is 1.00 e. The van der Waals surface area contributed by atoms with Gasteiger partial charge in [-0.05, 0) is 33.3 Å². The molecule has 3 aliphatic heterocycles. The number of hydrogen-bond donors (Lipinski definition) is 5. The van der Waals surface area contributed by atoms with Gasteiger partial charge in [0.2, 0.25) is 0 Å². The molecule has 0 spiro atoms. The molecule has 9 unspecified atom stereocenters. The number of aliphatic hydroxyl groups is 2. The van der Waals surface area contributed by atoms with Crippen molar-refractivity contribution in [1.82, 2.24) is 4.90 Å². The Morgan fingerprint density at radius 1 is 0.967 bits per heavy atom. The monoisotopic (exact) mass is 847 g/mol. The fourth-order valence-electron chi connectivity index (χ4n) is 7.71. The average Bonchev–Trinajstić information content (AvgIpc) is 3.46. The third-order valence-corrected chi connectivity index (χ3v) is 11.4. The number of allylic oxidation sites excluding steroid dienone is 2. The number of carbonyl (C=O) groups is 4. The Bertz CT molecular complexity index is 2010. The number of esters is 1. The molecule has 2 aromatic rings. The summed E-state index contributed by atoms with van der Waals surface area (Å²) in [5, 5.41) is 48.5. The number of hydrogen-bond acceptors (Lipinski definition) is 13. The van der Waals surface area contributed by atoms with Crippen molar-refractivity contribution in [2.24, 2.45) is 23.7 Å². The van der Waals surface area contributed by atoms with Gasteiger partial charge in [0, 0.05) is 80.3 Å². The number of benzene rings is 2. The molecule has 2 amide bonds. The number of likely N-dealkylation sites (N-methyl/N-ethyl adjacent to an activating group) is 1. The number of aromatic hydroxyl groups is 2. The molecule has 0 fully saturated rings. The van der Waals surface area contributed by atoms with Crippen LogP contribution in [0.25, 0.3) is 10.8 Å². The van der Waals surface area contributed by atoms with Crippen molar-refractivity contribution in [2.75, 3.05) is 32.1 Å². The number of rotatable bonds is 8. The molecular formula is C44H60N2NaO13+. The minimum atomic E-state index is -2.02. The topological polar surface area (TPSA) is 211 Å². The maximum absolute atomic E-state index is 14.5. The van der Waals surface area contributed by atoms with Gasteiger partial charge in [-0.15, -0.1) is 0 Å². The molecule has 5 rings (SSSR count). The summed E-state index contributed by atoms with van der Waals surface area (Å²) in [5.74, 6) is -7.98. The molecule has 3 aliphatic rings. The van der Waals surface area contributed by atoms with Crippen molar-refractivity contribution in [3.05, 3.63) is 53.3 Å². The maximum atomic E-state index is 14.5. The van der Waals surface area contributed by atoms with Crippen LogP contribution in [0.15, 0.2) is 42.2 Å². The zero-order chi connectivity index (χ0) is 44.1. The summed E-state index contributed by atoms with van der Waals surface area (Å²) in [5.41, 5.74) is 0.000400. The molecule has 2 aromatic carbocycles. The molecule has 324 valence electrons. The van der Waals surface area contributed by atoms with E-state index in [1.165, 1.54) is 59.3 Å². The first kappa shape index (κ1) is 50.2. The Morgan fingerprint density at radius 2 is 1.63 bits per heavy atom. The van der Waals surface area contributed by atoms with Gasteiger partial charge in [0.25, 0.3) is 17.6 Å². The fourth-order valence-corrected chi connectivity index (χ4v) is 7.71. The number of fused-ring (bicyclic) bond motifs is 14. The standard InChI is InChI=1S/C44H60N2O13.Na/c1-12-18-46(13-2)32(48)21-56-31-20-29-39(52)34-33(31)35-41(27(8)38(34)51)59-44(10,42(35)53)57-19-17-30(55-11)24(5)40(58-28(9)47)26(7)37(50)25(6)36(49)22(3)15-14-16-23(4)43(54)45-29;/h14-17,19-20,22,24-26,30,36-37,40,49-52H,12-13,18,21H2,1-11H3,(H,45,54);/q;+1/b15-14+,19-17+,23-16+;. The Balaban J connectivity index is 0.00000961. The molecule has 5 bridgehead atoms. The van der Waals surface area contributed by atoms with Crippen LogP contribution >= 0.6 is 0 Å². The Hall–Kier alpha value is -4.12. The SMILES string of the molecule is CCCN(CC)C(=O)COc1cc2c(O)c3c(O)c(C)c4c(c13)C(=O)C(C)(O/C=C/C(OC)C(C)C(OC(C)=O)C(C)C(O)C(C)C(O)C(C)/C=C/C=C(\C)C(=O)N2)O4.[Na+]. The van der Waals surface area contributed by atoms with E-state index in [0.29, 0.717) is 19.5 Å². The van der Waals surface area contributed by atoms with Crippen LogP contribution in [0.4, 0.5) is 5.69 Å². The van der Waals surface area contributed by atoms with Crippen LogP contribution in [-0.2, 0) is 28.6 Å². The van der Waals surface area contributed by atoms with Crippen LogP contribution in [0.2, 0.25) is 0 Å². The molecule has 16 heteroatoms. The van der Waals surface area contributed by atoms with E-state index in [4.69, 9.17) is 23.7 Å². The fraction of sp³-hybridized carbons (Fsp3) is 0.545. The van der Waals surface area contributed by atoms with Gasteiger partial charge in [-0.25, -0.2) is 0 Å². The number of nitrogens with one attached hydrogen (secondary N) is 1. The van der Waals surface area contributed by atoms with E-state index in [1.54, 1.807) is 44.7 Å². The number of methoxy groups -OCH3 is 1. The summed E-state index contributed by atoms with van der Waals surface area (Å²) in [6, 6.07) is 1.27. The summed E-state index contributed by atoms with van der Waals surface area (Å²) in [6.07, 6.45) is 4.31. The minimum absolute atomic E-state index is 0. The van der Waals surface area contributed by atoms with Gasteiger partial charge in [0.05, 0.1) is 41.2 Å². The molecule has 60 heavy (non-hydrogen) atoms. The van der Waals surface area contributed by atoms with Crippen molar-refractivity contribution in [2.45, 2.75) is 106 Å². The summed E-state index contributed by atoms with van der Waals surface area (Å²) >= 11 is 0. The zero-order valence-electron chi connectivity index (χ0n) is 36.8. The first-order chi connectivity index (χ1) is 27.7. The van der Waals surface area contributed by atoms with Crippen LogP contribution in [-0.4, -0.2) is 106 Å². The van der Waals surface area contributed by atoms with Crippen molar-refractivity contribution in [3.63, 3.8) is 0 Å². The largest absolute Gasteiger partial charge is 1.00 e. The van der Waals surface area contributed by atoms with Crippen LogP contribution in [0, 0.1) is 30.6 Å². The normalized spacial score (nSPS) is 29.3. The van der Waals surface area contributed by atoms with E-state index in [1.807, 2.05) is 13.8 Å². The number of ether oxygens (including phenoxy) is 5. The summed E-state index contributed by atoms with van der Waals surface area (Å²) in [6.45, 7) is 16.8. The van der Waals surface area contributed by atoms with E-state index < -0.39 is 89.6 Å². The van der Waals surface area contributed by atoms with Gasteiger partial charge in [-0.1, -0.05) is 52.8 Å². The second-order valence-electron chi connectivity index (χ2n) is 15.7. The summed E-state index contributed by atoms with van der Waals surface area (Å²) in [4.78, 5) is 55.2. The molecule has 9 atom stereocenters. The van der Waals surface area contributed by atoms with Gasteiger partial charge >= 0.3 is 41.3 Å². The van der Waals surface area contributed by atoms with Crippen molar-refractivity contribution in [3.8, 4) is 23.0 Å². The van der Waals surface area contributed by atoms with E-state index >= 15 is 0 Å². The molecule has 3 heterocycles. The minimum Gasteiger partial charge on any atom is -0.507 e. The predicted molar refractivity (Wildman–Crippen MR) is 220 cm³/mol. The third-order valence-electron chi connectivity index (χ3n) is 11.4. The number of Topliss-reactive ketones (excluding diaryl/α,β-unsaturated/α-hetero) is 1. The van der Waals surface area contributed by atoms with Crippen LogP contribution in [0.1, 0.15) is 84.7 Å². The number of phenols is 2. The van der Waals surface area contributed by atoms with E-state index in [0.717, 1.165) is 0 Å². The van der Waals surface area contributed by atoms with E-state index in [2.05, 4.69) is 5.32 Å². The number of carbonyl (C=O) groups excluding carboxylic acids is 4. The molecule has 15 nitrogen and oxygen atoms in total. The first-order valence-corrected chi connectivity index (χ1v) is 20.0. The quantitative estimate of drug-likeness (QED) is 0.147. The Labute approximate surface area is 374 Å². The Morgan fingerprint density at radius 3 is 2.23 bits per heavy atom. The zero-order valence-corrected chi connectivity index (χ0v) is 38.8. The molecule has 0 aromatic heterocycles. The molecular weight excluding hydrogens is 787 g/mol. The van der Waals surface area contributed by atoms with Gasteiger partial charge in [-0.2, -0.15) is 0 Å². The summed E-state index contributed by atoms with van der Waals surface area (Å²) < 4.78 is 29.8. The van der Waals surface area contributed by atoms with Crippen molar-refractivity contribution in [1.29, 1.82) is 0 Å². The molecule has 0 radical (unpaired) electrons. The number of anilines is 1. The van der Waals surface area contributed by atoms with Gasteiger partial charge in [0.1, 0.15) is 23.4 Å². The van der Waals surface area contributed by atoms with Gasteiger partial charge in [-0.3, -0.25) is 19.2 Å².